The third-order valence-corrected chi connectivity index (χ3v) is 8.44. The summed E-state index contributed by atoms with van der Waals surface area (Å²) in [5.41, 5.74) is 1.90. The molecule has 6 aliphatic heterocycles. The summed E-state index contributed by atoms with van der Waals surface area (Å²) in [6, 6.07) is 7.51. The number of carbonyl (C=O) groups excluding carboxylic acids is 1. The van der Waals surface area contributed by atoms with Crippen LogP contribution in [-0.2, 0) is 0 Å². The molecule has 4 bridgehead atoms. The van der Waals surface area contributed by atoms with E-state index in [2.05, 4.69) is 42.6 Å². The molecule has 0 unspecified atom stereocenters. The Morgan fingerprint density at radius 2 is 1.79 bits per heavy atom. The van der Waals surface area contributed by atoms with Crippen LogP contribution in [0.4, 0.5) is 5.69 Å². The van der Waals surface area contributed by atoms with Gasteiger partial charge in [0.2, 0.25) is 0 Å². The highest BCUT2D eigenvalue weighted by Gasteiger charge is 2.35. The van der Waals surface area contributed by atoms with Crippen LogP contribution in [0.1, 0.15) is 36.2 Å². The molecular formula is C22H29N5OS. The topological polar surface area (TPSA) is 51.7 Å². The zero-order chi connectivity index (χ0) is 19.4. The molecule has 0 saturated carbocycles. The van der Waals surface area contributed by atoms with E-state index in [1.54, 1.807) is 0 Å². The maximum Gasteiger partial charge on any atom is 0.271 e. The van der Waals surface area contributed by atoms with Gasteiger partial charge < -0.3 is 20.0 Å². The van der Waals surface area contributed by atoms with E-state index >= 15 is 0 Å². The van der Waals surface area contributed by atoms with Gasteiger partial charge in [-0.05, 0) is 74.4 Å². The van der Waals surface area contributed by atoms with Gasteiger partial charge in [0.25, 0.3) is 5.91 Å². The molecule has 6 fully saturated rings. The molecule has 1 aromatic carbocycles. The van der Waals surface area contributed by atoms with E-state index in [1.807, 2.05) is 0 Å². The summed E-state index contributed by atoms with van der Waals surface area (Å²) in [6.07, 6.45) is 4.93. The van der Waals surface area contributed by atoms with E-state index in [1.165, 1.54) is 69.1 Å². The third-order valence-electron chi connectivity index (χ3n) is 7.63. The summed E-state index contributed by atoms with van der Waals surface area (Å²) in [5.74, 6) is 0.637. The predicted molar refractivity (Wildman–Crippen MR) is 117 cm³/mol. The first-order chi connectivity index (χ1) is 14.2. The second kappa shape index (κ2) is 7.22. The van der Waals surface area contributed by atoms with E-state index in [4.69, 9.17) is 0 Å². The molecule has 7 heterocycles. The number of rotatable bonds is 3. The van der Waals surface area contributed by atoms with Crippen LogP contribution >= 0.6 is 11.5 Å². The summed E-state index contributed by atoms with van der Waals surface area (Å²) >= 11 is 1.46. The van der Waals surface area contributed by atoms with Gasteiger partial charge in [0.15, 0.2) is 0 Å². The van der Waals surface area contributed by atoms with E-state index < -0.39 is 0 Å². The van der Waals surface area contributed by atoms with Gasteiger partial charge in [0.05, 0.1) is 4.70 Å². The van der Waals surface area contributed by atoms with E-state index in [-0.39, 0.29) is 11.9 Å². The summed E-state index contributed by atoms with van der Waals surface area (Å²) in [6.45, 7) is 8.09. The molecule has 0 aliphatic carbocycles. The van der Waals surface area contributed by atoms with E-state index in [9.17, 15) is 4.79 Å². The largest absolute Gasteiger partial charge is 0.367 e. The Kier molecular flexibility index (Phi) is 4.50. The fraction of sp³-hybridized carbons (Fsp3) is 0.636. The van der Waals surface area contributed by atoms with Crippen molar-refractivity contribution in [2.75, 3.05) is 50.7 Å². The molecule has 29 heavy (non-hydrogen) atoms. The highest BCUT2D eigenvalue weighted by atomic mass is 32.1. The molecule has 1 amide bonds. The molecule has 154 valence electrons. The molecule has 0 radical (unpaired) electrons. The Morgan fingerprint density at radius 3 is 2.55 bits per heavy atom. The van der Waals surface area contributed by atoms with Crippen LogP contribution in [0, 0.1) is 5.92 Å². The zero-order valence-electron chi connectivity index (χ0n) is 16.8. The lowest BCUT2D eigenvalue weighted by Crippen LogP contribution is -2.57. The maximum atomic E-state index is 13.0. The van der Waals surface area contributed by atoms with Gasteiger partial charge in [0, 0.05) is 55.9 Å². The average Bonchev–Trinajstić information content (AvgIpc) is 2.95. The second-order valence-corrected chi connectivity index (χ2v) is 10.0. The molecule has 1 N–H and O–H groups in total. The van der Waals surface area contributed by atoms with Crippen LogP contribution in [0.15, 0.2) is 18.2 Å². The number of aromatic nitrogens is 1. The van der Waals surface area contributed by atoms with Crippen molar-refractivity contribution in [1.29, 1.82) is 0 Å². The predicted octanol–water partition coefficient (Wildman–Crippen LogP) is 2.40. The number of nitrogens with one attached hydrogen (secondary N) is 1. The van der Waals surface area contributed by atoms with E-state index in [0.717, 1.165) is 29.7 Å². The highest BCUT2D eigenvalue weighted by molar-refractivity contribution is 7.13. The number of nitrogens with zero attached hydrogens (tertiary/aromatic N) is 4. The summed E-state index contributed by atoms with van der Waals surface area (Å²) in [4.78, 5) is 20.6. The minimum atomic E-state index is 0.00366. The Balaban J connectivity index is 1.23. The monoisotopic (exact) mass is 411 g/mol. The summed E-state index contributed by atoms with van der Waals surface area (Å²) < 4.78 is 5.69. The van der Waals surface area contributed by atoms with Gasteiger partial charge in [-0.1, -0.05) is 0 Å². The second-order valence-electron chi connectivity index (χ2n) is 9.20. The van der Waals surface area contributed by atoms with Crippen molar-refractivity contribution >= 4 is 33.2 Å². The molecular weight excluding hydrogens is 382 g/mol. The van der Waals surface area contributed by atoms with Gasteiger partial charge in [-0.15, -0.1) is 0 Å². The first-order valence-electron chi connectivity index (χ1n) is 11.2. The molecule has 1 atom stereocenters. The number of fused-ring (bicyclic) bond motifs is 8. The van der Waals surface area contributed by atoms with Crippen LogP contribution in [0.25, 0.3) is 10.1 Å². The van der Waals surface area contributed by atoms with Crippen LogP contribution in [0.3, 0.4) is 0 Å². The average molecular weight is 412 g/mol. The van der Waals surface area contributed by atoms with Crippen LogP contribution in [0.2, 0.25) is 0 Å². The van der Waals surface area contributed by atoms with Gasteiger partial charge in [0.1, 0.15) is 5.69 Å². The van der Waals surface area contributed by atoms with Gasteiger partial charge in [-0.25, -0.2) is 0 Å². The molecule has 6 aliphatic rings. The maximum absolute atomic E-state index is 13.0. The van der Waals surface area contributed by atoms with Crippen LogP contribution < -0.4 is 10.2 Å². The first kappa shape index (κ1) is 18.1. The van der Waals surface area contributed by atoms with Gasteiger partial charge >= 0.3 is 0 Å². The van der Waals surface area contributed by atoms with Crippen molar-refractivity contribution in [2.24, 2.45) is 5.92 Å². The molecule has 1 aromatic heterocycles. The lowest BCUT2D eigenvalue weighted by molar-refractivity contribution is 0.0619. The Morgan fingerprint density at radius 1 is 1.00 bits per heavy atom. The molecule has 2 aromatic rings. The van der Waals surface area contributed by atoms with Crippen molar-refractivity contribution in [2.45, 2.75) is 37.8 Å². The fourth-order valence-electron chi connectivity index (χ4n) is 5.86. The SMILES string of the molecule is O=C(N[C@H]1CN2CCC1CC2)c1nsc2cc(N3CCN4CCC3CC4)ccc12. The van der Waals surface area contributed by atoms with Crippen molar-refractivity contribution < 1.29 is 4.79 Å². The number of hydrogen-bond acceptors (Lipinski definition) is 6. The molecule has 6 nitrogen and oxygen atoms in total. The quantitative estimate of drug-likeness (QED) is 0.841. The number of anilines is 1. The zero-order valence-corrected chi connectivity index (χ0v) is 17.7. The lowest BCUT2D eigenvalue weighted by Gasteiger charge is -2.44. The normalized spacial score (nSPS) is 33.8. The lowest BCUT2D eigenvalue weighted by atomic mass is 9.84. The van der Waals surface area contributed by atoms with E-state index in [0.29, 0.717) is 17.7 Å². The highest BCUT2D eigenvalue weighted by Crippen LogP contribution is 2.33. The van der Waals surface area contributed by atoms with Gasteiger partial charge in [-0.2, -0.15) is 4.37 Å². The molecule has 8 rings (SSSR count). The minimum Gasteiger partial charge on any atom is -0.367 e. The van der Waals surface area contributed by atoms with Crippen molar-refractivity contribution in [3.05, 3.63) is 23.9 Å². The van der Waals surface area contributed by atoms with Crippen molar-refractivity contribution in [3.63, 3.8) is 0 Å². The van der Waals surface area contributed by atoms with Crippen molar-refractivity contribution in [1.82, 2.24) is 19.5 Å². The summed E-state index contributed by atoms with van der Waals surface area (Å²) in [5, 5.41) is 4.30. The van der Waals surface area contributed by atoms with Gasteiger partial charge in [-0.3, -0.25) is 4.79 Å². The Labute approximate surface area is 176 Å². The fourth-order valence-corrected chi connectivity index (χ4v) is 6.67. The molecule has 0 spiro atoms. The summed E-state index contributed by atoms with van der Waals surface area (Å²) in [7, 11) is 0. The smallest absolute Gasteiger partial charge is 0.271 e. The molecule has 6 saturated heterocycles. The Bertz CT molecular complexity index is 913. The number of hydrogen-bond donors (Lipinski definition) is 1. The van der Waals surface area contributed by atoms with Crippen molar-refractivity contribution in [3.8, 4) is 0 Å². The minimum absolute atomic E-state index is 0.00366. The van der Waals surface area contributed by atoms with Crippen LogP contribution in [-0.4, -0.2) is 78.0 Å². The number of benzene rings is 1. The number of piperidine rings is 4. The number of carbonyl (C=O) groups is 1. The standard InChI is InChI=1S/C22H29N5OS/c28-22(23-19-14-26-7-3-15(19)4-8-26)21-18-2-1-17(13-20(18)29-24-21)27-12-11-25-9-5-16(27)6-10-25/h1-2,13,15-16,19H,3-12,14H2,(H,23,28)/t19-/m0/s1. The van der Waals surface area contributed by atoms with Crippen LogP contribution in [0.5, 0.6) is 0 Å². The molecule has 7 heteroatoms. The number of amides is 1. The Hall–Kier alpha value is -1.70. The third kappa shape index (κ3) is 3.23. The first-order valence-corrected chi connectivity index (χ1v) is 11.9.